The predicted octanol–water partition coefficient (Wildman–Crippen LogP) is 1.56. The highest BCUT2D eigenvalue weighted by atomic mass is 32.2. The number of ether oxygens (including phenoxy) is 2. The van der Waals surface area contributed by atoms with Crippen LogP contribution in [0.3, 0.4) is 0 Å². The third-order valence-corrected chi connectivity index (χ3v) is 4.27. The van der Waals surface area contributed by atoms with E-state index >= 15 is 0 Å². The molecule has 0 aliphatic heterocycles. The highest BCUT2D eigenvalue weighted by Crippen LogP contribution is 2.16. The number of H-pyrrole nitrogens is 1. The van der Waals surface area contributed by atoms with Crippen LogP contribution in [0.15, 0.2) is 35.4 Å². The molecule has 9 nitrogen and oxygen atoms in total. The number of nitrogens with zero attached hydrogens (tertiary/aromatic N) is 1. The van der Waals surface area contributed by atoms with Gasteiger partial charge in [-0.05, 0) is 38.1 Å². The second-order valence-corrected chi connectivity index (χ2v) is 6.39. The van der Waals surface area contributed by atoms with Crippen LogP contribution in [-0.2, 0) is 19.5 Å². The molecule has 0 saturated heterocycles. The number of benzene rings is 1. The second-order valence-electron chi connectivity index (χ2n) is 4.74. The zero-order valence-electron chi connectivity index (χ0n) is 13.6. The van der Waals surface area contributed by atoms with Crippen molar-refractivity contribution >= 4 is 27.6 Å². The van der Waals surface area contributed by atoms with Gasteiger partial charge in [0, 0.05) is 11.8 Å². The summed E-state index contributed by atoms with van der Waals surface area (Å²) < 4.78 is 36.5. The number of esters is 2. The van der Waals surface area contributed by atoms with E-state index in [1.165, 1.54) is 24.3 Å². The Bertz CT molecular complexity index is 858. The molecule has 2 rings (SSSR count). The van der Waals surface area contributed by atoms with E-state index in [2.05, 4.69) is 14.9 Å². The number of anilines is 1. The summed E-state index contributed by atoms with van der Waals surface area (Å²) >= 11 is 0. The summed E-state index contributed by atoms with van der Waals surface area (Å²) in [4.78, 5) is 23.1. The Morgan fingerprint density at radius 2 is 1.68 bits per heavy atom. The summed E-state index contributed by atoms with van der Waals surface area (Å²) in [6.45, 7) is 3.72. The molecule has 0 amide bonds. The standard InChI is InChI=1S/C15H17N3O6S/c1-3-23-14(19)10-5-7-11(8-6-10)18-25(21,22)13-9-12(16-17-13)15(20)24-4-2/h5-9,18H,3-4H2,1-2H3,(H,16,17). The number of rotatable bonds is 7. The molecule has 2 aromatic rings. The largest absolute Gasteiger partial charge is 0.462 e. The number of sulfonamides is 1. The molecule has 10 heteroatoms. The van der Waals surface area contributed by atoms with Gasteiger partial charge in [0.15, 0.2) is 10.7 Å². The molecule has 2 N–H and O–H groups in total. The van der Waals surface area contributed by atoms with Crippen molar-refractivity contribution in [3.8, 4) is 0 Å². The lowest BCUT2D eigenvalue weighted by atomic mass is 10.2. The Balaban J connectivity index is 2.13. The minimum Gasteiger partial charge on any atom is -0.462 e. The van der Waals surface area contributed by atoms with Gasteiger partial charge >= 0.3 is 11.9 Å². The SMILES string of the molecule is CCOC(=O)c1ccc(NS(=O)(=O)c2cc(C(=O)OCC)n[nH]2)cc1. The van der Waals surface area contributed by atoms with E-state index in [0.717, 1.165) is 6.07 Å². The van der Waals surface area contributed by atoms with Gasteiger partial charge in [-0.15, -0.1) is 0 Å². The summed E-state index contributed by atoms with van der Waals surface area (Å²) in [5.41, 5.74) is 0.399. The van der Waals surface area contributed by atoms with Gasteiger partial charge in [0.05, 0.1) is 18.8 Å². The molecular weight excluding hydrogens is 350 g/mol. The molecule has 0 aliphatic rings. The van der Waals surface area contributed by atoms with E-state index in [9.17, 15) is 18.0 Å². The van der Waals surface area contributed by atoms with Crippen LogP contribution in [0.2, 0.25) is 0 Å². The molecule has 0 saturated carbocycles. The topological polar surface area (TPSA) is 127 Å². The molecule has 1 aromatic heterocycles. The van der Waals surface area contributed by atoms with E-state index in [1.54, 1.807) is 13.8 Å². The van der Waals surface area contributed by atoms with Crippen molar-refractivity contribution < 1.29 is 27.5 Å². The lowest BCUT2D eigenvalue weighted by molar-refractivity contribution is 0.0512. The molecule has 0 bridgehead atoms. The summed E-state index contributed by atoms with van der Waals surface area (Å²) in [6, 6.07) is 6.80. The van der Waals surface area contributed by atoms with E-state index in [0.29, 0.717) is 5.56 Å². The third kappa shape index (κ3) is 4.57. The summed E-state index contributed by atoms with van der Waals surface area (Å²) in [7, 11) is -3.98. The van der Waals surface area contributed by atoms with Crippen LogP contribution in [0.5, 0.6) is 0 Å². The molecule has 1 aromatic carbocycles. The number of nitrogens with one attached hydrogen (secondary N) is 2. The Morgan fingerprint density at radius 3 is 2.28 bits per heavy atom. The van der Waals surface area contributed by atoms with Gasteiger partial charge in [-0.2, -0.15) is 13.5 Å². The fraction of sp³-hybridized carbons (Fsp3) is 0.267. The van der Waals surface area contributed by atoms with Crippen molar-refractivity contribution in [1.29, 1.82) is 0 Å². The second kappa shape index (κ2) is 7.79. The number of hydrogen-bond acceptors (Lipinski definition) is 7. The van der Waals surface area contributed by atoms with Crippen LogP contribution in [0.25, 0.3) is 0 Å². The van der Waals surface area contributed by atoms with Gasteiger partial charge in [0.2, 0.25) is 0 Å². The highest BCUT2D eigenvalue weighted by molar-refractivity contribution is 7.92. The first-order valence-corrected chi connectivity index (χ1v) is 8.88. The van der Waals surface area contributed by atoms with Crippen LogP contribution >= 0.6 is 0 Å². The smallest absolute Gasteiger partial charge is 0.358 e. The van der Waals surface area contributed by atoms with Gasteiger partial charge in [0.1, 0.15) is 0 Å². The van der Waals surface area contributed by atoms with E-state index in [1.807, 2.05) is 0 Å². The van der Waals surface area contributed by atoms with E-state index in [4.69, 9.17) is 9.47 Å². The Hall–Kier alpha value is -2.88. The summed E-state index contributed by atoms with van der Waals surface area (Å²) in [5.74, 6) is -1.22. The first-order valence-electron chi connectivity index (χ1n) is 7.40. The van der Waals surface area contributed by atoms with Crippen molar-refractivity contribution in [2.45, 2.75) is 18.9 Å². The van der Waals surface area contributed by atoms with Crippen molar-refractivity contribution in [1.82, 2.24) is 10.2 Å². The molecular formula is C15H17N3O6S. The zero-order chi connectivity index (χ0) is 18.4. The molecule has 0 fully saturated rings. The molecule has 0 radical (unpaired) electrons. The Kier molecular flexibility index (Phi) is 5.75. The number of carbonyl (C=O) groups excluding carboxylic acids is 2. The van der Waals surface area contributed by atoms with Crippen molar-refractivity contribution in [2.75, 3.05) is 17.9 Å². The maximum atomic E-state index is 12.3. The molecule has 0 spiro atoms. The number of aromatic amines is 1. The summed E-state index contributed by atoms with van der Waals surface area (Å²) in [6.07, 6.45) is 0. The minimum absolute atomic E-state index is 0.139. The minimum atomic E-state index is -3.98. The molecule has 0 aliphatic carbocycles. The monoisotopic (exact) mass is 367 g/mol. The molecule has 0 unspecified atom stereocenters. The van der Waals surface area contributed by atoms with E-state index in [-0.39, 0.29) is 29.6 Å². The van der Waals surface area contributed by atoms with Crippen LogP contribution in [0.4, 0.5) is 5.69 Å². The van der Waals surface area contributed by atoms with Crippen molar-refractivity contribution in [2.24, 2.45) is 0 Å². The van der Waals surface area contributed by atoms with E-state index < -0.39 is 22.0 Å². The normalized spacial score (nSPS) is 11.0. The van der Waals surface area contributed by atoms with Crippen molar-refractivity contribution in [3.05, 3.63) is 41.6 Å². The lowest BCUT2D eigenvalue weighted by Crippen LogP contribution is -2.13. The maximum absolute atomic E-state index is 12.3. The third-order valence-electron chi connectivity index (χ3n) is 2.98. The lowest BCUT2D eigenvalue weighted by Gasteiger charge is -2.07. The summed E-state index contributed by atoms with van der Waals surface area (Å²) in [5, 5.41) is 5.61. The average Bonchev–Trinajstić information content (AvgIpc) is 3.07. The maximum Gasteiger partial charge on any atom is 0.358 e. The fourth-order valence-electron chi connectivity index (χ4n) is 1.85. The quantitative estimate of drug-likeness (QED) is 0.711. The van der Waals surface area contributed by atoms with Crippen LogP contribution in [-0.4, -0.2) is 43.8 Å². The molecule has 134 valence electrons. The highest BCUT2D eigenvalue weighted by Gasteiger charge is 2.21. The number of hydrogen-bond donors (Lipinski definition) is 2. The molecule has 1 heterocycles. The average molecular weight is 367 g/mol. The molecule has 0 atom stereocenters. The fourth-order valence-corrected chi connectivity index (χ4v) is 2.84. The Labute approximate surface area is 144 Å². The van der Waals surface area contributed by atoms with Gasteiger partial charge in [-0.1, -0.05) is 0 Å². The Morgan fingerprint density at radius 1 is 1.08 bits per heavy atom. The van der Waals surface area contributed by atoms with Gasteiger partial charge in [-0.3, -0.25) is 9.82 Å². The predicted molar refractivity (Wildman–Crippen MR) is 87.8 cm³/mol. The number of aromatic nitrogens is 2. The zero-order valence-corrected chi connectivity index (χ0v) is 14.4. The van der Waals surface area contributed by atoms with Gasteiger partial charge in [0.25, 0.3) is 10.0 Å². The van der Waals surface area contributed by atoms with Crippen LogP contribution in [0, 0.1) is 0 Å². The van der Waals surface area contributed by atoms with Gasteiger partial charge < -0.3 is 9.47 Å². The number of carbonyl (C=O) groups is 2. The van der Waals surface area contributed by atoms with Crippen LogP contribution in [0.1, 0.15) is 34.7 Å². The molecule has 25 heavy (non-hydrogen) atoms. The first kappa shape index (κ1) is 18.5. The van der Waals surface area contributed by atoms with Crippen molar-refractivity contribution in [3.63, 3.8) is 0 Å². The van der Waals surface area contributed by atoms with Crippen LogP contribution < -0.4 is 4.72 Å². The first-order chi connectivity index (χ1) is 11.9. The van der Waals surface area contributed by atoms with Gasteiger partial charge in [-0.25, -0.2) is 9.59 Å².